The lowest BCUT2D eigenvalue weighted by Crippen LogP contribution is -2.50. The van der Waals surface area contributed by atoms with Crippen molar-refractivity contribution in [3.63, 3.8) is 0 Å². The van der Waals surface area contributed by atoms with E-state index in [2.05, 4.69) is 40.2 Å². The lowest BCUT2D eigenvalue weighted by Gasteiger charge is -2.51. The highest BCUT2D eigenvalue weighted by Crippen LogP contribution is 2.66. The molecule has 36 heavy (non-hydrogen) atoms. The van der Waals surface area contributed by atoms with E-state index in [4.69, 9.17) is 16.3 Å². The summed E-state index contributed by atoms with van der Waals surface area (Å²) in [6.45, 7) is 0. The minimum absolute atomic E-state index is 0.157. The van der Waals surface area contributed by atoms with E-state index in [0.29, 0.717) is 22.2 Å². The minimum Gasteiger partial charge on any atom is -0.457 e. The Balaban J connectivity index is 1.28. The molecular weight excluding hydrogens is 538 g/mol. The molecule has 2 atom stereocenters. The maximum Gasteiger partial charge on any atom is 0.239 e. The molecule has 1 fully saturated rings. The molecule has 2 unspecified atom stereocenters. The van der Waals surface area contributed by atoms with Crippen LogP contribution in [0.5, 0.6) is 11.5 Å². The van der Waals surface area contributed by atoms with Crippen molar-refractivity contribution in [3.05, 3.63) is 124 Å². The van der Waals surface area contributed by atoms with Gasteiger partial charge in [0.25, 0.3) is 0 Å². The maximum atomic E-state index is 14.0. The molecule has 6 heteroatoms. The van der Waals surface area contributed by atoms with Gasteiger partial charge in [-0.2, -0.15) is 0 Å². The summed E-state index contributed by atoms with van der Waals surface area (Å²) in [5, 5.41) is 0.632. The van der Waals surface area contributed by atoms with Gasteiger partial charge in [0.1, 0.15) is 11.5 Å². The normalized spacial score (nSPS) is 25.4. The Morgan fingerprint density at radius 3 is 1.83 bits per heavy atom. The van der Waals surface area contributed by atoms with Crippen molar-refractivity contribution >= 4 is 45.0 Å². The minimum atomic E-state index is -0.751. The molecule has 4 aliphatic rings. The molecule has 2 amide bonds. The first-order valence-corrected chi connectivity index (χ1v) is 12.9. The van der Waals surface area contributed by atoms with Crippen molar-refractivity contribution in [1.82, 2.24) is 0 Å². The highest BCUT2D eigenvalue weighted by atomic mass is 79.9. The SMILES string of the molecule is O=C1C2C3c4ccccc4C(Br)(c4ccccc43)C2C(=O)N1c1ccc(Oc2ccc(Cl)cc2)cc1. The number of alkyl halides is 1. The molecule has 1 aliphatic heterocycles. The number of nitrogens with zero attached hydrogens (tertiary/aromatic N) is 1. The van der Waals surface area contributed by atoms with E-state index in [9.17, 15) is 9.59 Å². The first-order valence-electron chi connectivity index (χ1n) is 11.8. The largest absolute Gasteiger partial charge is 0.457 e. The Labute approximate surface area is 221 Å². The topological polar surface area (TPSA) is 46.6 Å². The third kappa shape index (κ3) is 2.87. The second-order valence-corrected chi connectivity index (χ2v) is 11.1. The lowest BCUT2D eigenvalue weighted by molar-refractivity contribution is -0.122. The molecule has 0 spiro atoms. The van der Waals surface area contributed by atoms with E-state index in [0.717, 1.165) is 22.3 Å². The van der Waals surface area contributed by atoms with Gasteiger partial charge in [-0.05, 0) is 70.8 Å². The van der Waals surface area contributed by atoms with Crippen LogP contribution < -0.4 is 9.64 Å². The Morgan fingerprint density at radius 1 is 0.722 bits per heavy atom. The summed E-state index contributed by atoms with van der Waals surface area (Å²) >= 11 is 9.98. The third-order valence-corrected chi connectivity index (χ3v) is 9.26. The number of halogens is 2. The number of rotatable bonds is 3. The Hall–Kier alpha value is -3.41. The molecule has 4 aromatic rings. The molecule has 0 aromatic heterocycles. The highest BCUT2D eigenvalue weighted by Gasteiger charge is 2.67. The summed E-state index contributed by atoms with van der Waals surface area (Å²) in [5.41, 5.74) is 4.92. The van der Waals surface area contributed by atoms with E-state index in [1.807, 2.05) is 24.3 Å². The van der Waals surface area contributed by atoms with Crippen LogP contribution in [0.4, 0.5) is 5.69 Å². The Morgan fingerprint density at radius 2 is 1.25 bits per heavy atom. The maximum absolute atomic E-state index is 14.0. The number of hydrogen-bond acceptors (Lipinski definition) is 3. The van der Waals surface area contributed by atoms with Gasteiger partial charge in [0.05, 0.1) is 21.8 Å². The fourth-order valence-electron chi connectivity index (χ4n) is 6.24. The Kier molecular flexibility index (Phi) is 4.73. The lowest BCUT2D eigenvalue weighted by atomic mass is 9.55. The summed E-state index contributed by atoms with van der Waals surface area (Å²) in [6.07, 6.45) is 0. The quantitative estimate of drug-likeness (QED) is 0.201. The fraction of sp³-hybridized carbons (Fsp3) is 0.133. The smallest absolute Gasteiger partial charge is 0.239 e. The average Bonchev–Trinajstić information content (AvgIpc) is 3.17. The Bertz CT molecular complexity index is 1500. The van der Waals surface area contributed by atoms with E-state index < -0.39 is 16.2 Å². The van der Waals surface area contributed by atoms with Gasteiger partial charge in [-0.15, -0.1) is 0 Å². The second-order valence-electron chi connectivity index (χ2n) is 9.43. The van der Waals surface area contributed by atoms with Gasteiger partial charge in [0.15, 0.2) is 0 Å². The molecule has 8 rings (SSSR count). The van der Waals surface area contributed by atoms with Gasteiger partial charge in [0, 0.05) is 10.9 Å². The summed E-state index contributed by atoms with van der Waals surface area (Å²) in [5.74, 6) is -0.224. The second kappa shape index (κ2) is 7.79. The summed E-state index contributed by atoms with van der Waals surface area (Å²) in [7, 11) is 0. The van der Waals surface area contributed by atoms with Gasteiger partial charge in [-0.1, -0.05) is 76.1 Å². The van der Waals surface area contributed by atoms with E-state index in [1.165, 1.54) is 4.90 Å². The van der Waals surface area contributed by atoms with Crippen molar-refractivity contribution in [2.24, 2.45) is 11.8 Å². The fourth-order valence-corrected chi connectivity index (χ4v) is 7.56. The molecule has 0 radical (unpaired) electrons. The summed E-state index contributed by atoms with van der Waals surface area (Å²) in [6, 6.07) is 30.5. The summed E-state index contributed by atoms with van der Waals surface area (Å²) < 4.78 is 5.14. The van der Waals surface area contributed by atoms with Crippen LogP contribution in [0.2, 0.25) is 5.02 Å². The molecule has 1 saturated heterocycles. The van der Waals surface area contributed by atoms with Gasteiger partial charge in [-0.25, -0.2) is 4.90 Å². The van der Waals surface area contributed by atoms with E-state index in [-0.39, 0.29) is 17.7 Å². The zero-order valence-corrected chi connectivity index (χ0v) is 21.2. The molecule has 4 aromatic carbocycles. The van der Waals surface area contributed by atoms with Crippen molar-refractivity contribution in [2.45, 2.75) is 10.2 Å². The molecule has 0 saturated carbocycles. The summed E-state index contributed by atoms with van der Waals surface area (Å²) in [4.78, 5) is 29.3. The zero-order chi connectivity index (χ0) is 24.6. The van der Waals surface area contributed by atoms with Gasteiger partial charge >= 0.3 is 0 Å². The molecule has 1 heterocycles. The van der Waals surface area contributed by atoms with Crippen LogP contribution in [0, 0.1) is 11.8 Å². The number of carbonyl (C=O) groups is 2. The van der Waals surface area contributed by atoms with Crippen LogP contribution in [0.25, 0.3) is 0 Å². The van der Waals surface area contributed by atoms with Crippen molar-refractivity contribution in [3.8, 4) is 11.5 Å². The third-order valence-electron chi connectivity index (χ3n) is 7.66. The number of ether oxygens (including phenoxy) is 1. The average molecular weight is 557 g/mol. The molecule has 3 aliphatic carbocycles. The van der Waals surface area contributed by atoms with E-state index in [1.54, 1.807) is 48.5 Å². The molecule has 4 nitrogen and oxygen atoms in total. The van der Waals surface area contributed by atoms with Crippen molar-refractivity contribution in [1.29, 1.82) is 0 Å². The van der Waals surface area contributed by atoms with Gasteiger partial charge < -0.3 is 4.74 Å². The van der Waals surface area contributed by atoms with Crippen molar-refractivity contribution in [2.75, 3.05) is 4.90 Å². The predicted molar refractivity (Wildman–Crippen MR) is 142 cm³/mol. The van der Waals surface area contributed by atoms with Gasteiger partial charge in [-0.3, -0.25) is 9.59 Å². The molecular formula is C30H19BrClNO3. The predicted octanol–water partition coefficient (Wildman–Crippen LogP) is 7.04. The number of benzene rings is 4. The van der Waals surface area contributed by atoms with Crippen LogP contribution in [0.15, 0.2) is 97.1 Å². The van der Waals surface area contributed by atoms with Crippen LogP contribution in [0.1, 0.15) is 28.2 Å². The highest BCUT2D eigenvalue weighted by molar-refractivity contribution is 9.09. The molecule has 0 N–H and O–H groups in total. The van der Waals surface area contributed by atoms with Crippen LogP contribution >= 0.6 is 27.5 Å². The van der Waals surface area contributed by atoms with Crippen LogP contribution in [0.3, 0.4) is 0 Å². The van der Waals surface area contributed by atoms with Crippen molar-refractivity contribution < 1.29 is 14.3 Å². The zero-order valence-electron chi connectivity index (χ0n) is 18.9. The standard InChI is InChI=1S/C30H19BrClNO3/c31-30-23-7-3-1-5-21(23)25(22-6-2-4-8-24(22)30)26-27(30)29(35)33(28(26)34)18-11-15-20(16-12-18)36-19-13-9-17(32)10-14-19/h1-16,25-27H. The number of anilines is 1. The first kappa shape index (κ1) is 21.8. The first-order chi connectivity index (χ1) is 17.5. The van der Waals surface area contributed by atoms with E-state index >= 15 is 0 Å². The number of imide groups is 1. The monoisotopic (exact) mass is 555 g/mol. The number of hydrogen-bond donors (Lipinski definition) is 0. The van der Waals surface area contributed by atoms with Crippen LogP contribution in [-0.2, 0) is 13.9 Å². The molecule has 2 bridgehead atoms. The van der Waals surface area contributed by atoms with Gasteiger partial charge in [0.2, 0.25) is 11.8 Å². The molecule has 176 valence electrons. The number of carbonyl (C=O) groups excluding carboxylic acids is 2. The van der Waals surface area contributed by atoms with Crippen LogP contribution in [-0.4, -0.2) is 11.8 Å². The number of amides is 2.